The van der Waals surface area contributed by atoms with Gasteiger partial charge in [0.2, 0.25) is 0 Å². The average Bonchev–Trinajstić information content (AvgIpc) is 3.26. The molecule has 0 aliphatic heterocycles. The maximum atomic E-state index is 13.5. The number of aromatic nitrogens is 3. The second-order valence-electron chi connectivity index (χ2n) is 7.33. The van der Waals surface area contributed by atoms with E-state index in [9.17, 15) is 9.18 Å². The maximum absolute atomic E-state index is 13.5. The monoisotopic (exact) mass is 450 g/mol. The Hall–Kier alpha value is -2.97. The van der Waals surface area contributed by atoms with E-state index in [1.54, 1.807) is 35.2 Å². The first-order valence-corrected chi connectivity index (χ1v) is 11.8. The topological polar surface area (TPSA) is 59.8 Å². The highest BCUT2D eigenvalue weighted by Gasteiger charge is 2.23. The van der Waals surface area contributed by atoms with Crippen LogP contribution in [0.25, 0.3) is 16.4 Å². The van der Waals surface area contributed by atoms with Gasteiger partial charge in [0.25, 0.3) is 5.91 Å². The molecule has 0 unspecified atom stereocenters. The van der Waals surface area contributed by atoms with Crippen LogP contribution < -0.4 is 5.32 Å². The van der Waals surface area contributed by atoms with Crippen LogP contribution in [-0.2, 0) is 5.75 Å². The highest BCUT2D eigenvalue weighted by molar-refractivity contribution is 7.98. The third-order valence-corrected chi connectivity index (χ3v) is 6.82. The number of hydrogen-bond acceptors (Lipinski definition) is 5. The summed E-state index contributed by atoms with van der Waals surface area (Å²) in [5.41, 5.74) is 2.57. The molecule has 5 rings (SSSR count). The minimum absolute atomic E-state index is 0.0154. The Bertz CT molecular complexity index is 1180. The Kier molecular flexibility index (Phi) is 5.57. The summed E-state index contributed by atoms with van der Waals surface area (Å²) in [6.07, 6.45) is 2.14. The quantitative estimate of drug-likeness (QED) is 0.387. The molecule has 1 fully saturated rings. The first kappa shape index (κ1) is 20.0. The van der Waals surface area contributed by atoms with Gasteiger partial charge in [0.15, 0.2) is 11.0 Å². The van der Waals surface area contributed by atoms with Crippen LogP contribution in [-0.4, -0.2) is 26.7 Å². The van der Waals surface area contributed by atoms with E-state index in [0.717, 1.165) is 40.0 Å². The number of carbonyl (C=O) groups is 1. The van der Waals surface area contributed by atoms with E-state index in [1.165, 1.54) is 12.1 Å². The summed E-state index contributed by atoms with van der Waals surface area (Å²) in [5, 5.41) is 14.5. The molecule has 1 saturated carbocycles. The van der Waals surface area contributed by atoms with Crippen LogP contribution in [0.15, 0.2) is 71.2 Å². The summed E-state index contributed by atoms with van der Waals surface area (Å²) in [6, 6.07) is 18.3. The largest absolute Gasteiger partial charge is 0.349 e. The lowest BCUT2D eigenvalue weighted by Crippen LogP contribution is -2.25. The molecule has 1 aliphatic rings. The standard InChI is InChI=1S/C23H19FN4OS2/c24-17-7-11-19(12-8-17)28-21(20-2-1-13-30-20)26-27-23(28)31-14-15-3-5-16(6-4-15)22(29)25-18-9-10-18/h1-8,11-13,18H,9-10,14H2,(H,25,29). The van der Waals surface area contributed by atoms with E-state index in [0.29, 0.717) is 17.4 Å². The molecule has 2 heterocycles. The summed E-state index contributed by atoms with van der Waals surface area (Å²) in [5.74, 6) is 1.11. The van der Waals surface area contributed by atoms with Gasteiger partial charge in [-0.05, 0) is 66.2 Å². The predicted octanol–water partition coefficient (Wildman–Crippen LogP) is 5.32. The van der Waals surface area contributed by atoms with Gasteiger partial charge in [-0.25, -0.2) is 4.39 Å². The number of amides is 1. The molecule has 0 atom stereocenters. The molecular formula is C23H19FN4OS2. The Morgan fingerprint density at radius 3 is 2.55 bits per heavy atom. The minimum Gasteiger partial charge on any atom is -0.349 e. The molecule has 1 amide bonds. The molecule has 5 nitrogen and oxygen atoms in total. The number of nitrogens with zero attached hydrogens (tertiary/aromatic N) is 3. The molecule has 0 saturated heterocycles. The molecule has 2 aromatic carbocycles. The van der Waals surface area contributed by atoms with Gasteiger partial charge in [-0.3, -0.25) is 9.36 Å². The summed E-state index contributed by atoms with van der Waals surface area (Å²) in [4.78, 5) is 13.2. The zero-order chi connectivity index (χ0) is 21.2. The zero-order valence-electron chi connectivity index (χ0n) is 16.5. The van der Waals surface area contributed by atoms with Crippen LogP contribution in [0.5, 0.6) is 0 Å². The molecule has 156 valence electrons. The number of carbonyl (C=O) groups excluding carboxylic acids is 1. The molecular weight excluding hydrogens is 431 g/mol. The summed E-state index contributed by atoms with van der Waals surface area (Å²) in [6.45, 7) is 0. The Morgan fingerprint density at radius 1 is 1.10 bits per heavy atom. The first-order chi connectivity index (χ1) is 15.2. The summed E-state index contributed by atoms with van der Waals surface area (Å²) in [7, 11) is 0. The van der Waals surface area contributed by atoms with Gasteiger partial charge < -0.3 is 5.32 Å². The molecule has 4 aromatic rings. The molecule has 0 bridgehead atoms. The molecule has 8 heteroatoms. The number of hydrogen-bond donors (Lipinski definition) is 1. The number of thioether (sulfide) groups is 1. The Morgan fingerprint density at radius 2 is 1.87 bits per heavy atom. The predicted molar refractivity (Wildman–Crippen MR) is 121 cm³/mol. The van der Waals surface area contributed by atoms with E-state index in [2.05, 4.69) is 15.5 Å². The van der Waals surface area contributed by atoms with Crippen LogP contribution >= 0.6 is 23.1 Å². The van der Waals surface area contributed by atoms with Crippen molar-refractivity contribution in [3.8, 4) is 16.4 Å². The minimum atomic E-state index is -0.283. The lowest BCUT2D eigenvalue weighted by molar-refractivity contribution is 0.0951. The SMILES string of the molecule is O=C(NC1CC1)c1ccc(CSc2nnc(-c3cccs3)n2-c2ccc(F)cc2)cc1. The fourth-order valence-corrected chi connectivity index (χ4v) is 4.75. The van der Waals surface area contributed by atoms with Crippen LogP contribution in [0.4, 0.5) is 4.39 Å². The van der Waals surface area contributed by atoms with Gasteiger partial charge in [0, 0.05) is 23.0 Å². The van der Waals surface area contributed by atoms with Crippen molar-refractivity contribution in [3.63, 3.8) is 0 Å². The van der Waals surface area contributed by atoms with Gasteiger partial charge in [-0.1, -0.05) is 30.0 Å². The smallest absolute Gasteiger partial charge is 0.251 e. The van der Waals surface area contributed by atoms with Gasteiger partial charge in [-0.2, -0.15) is 0 Å². The lowest BCUT2D eigenvalue weighted by Gasteiger charge is -2.10. The number of benzene rings is 2. The normalized spacial score (nSPS) is 13.3. The highest BCUT2D eigenvalue weighted by Crippen LogP contribution is 2.32. The fraction of sp³-hybridized carbons (Fsp3) is 0.174. The van der Waals surface area contributed by atoms with Crippen LogP contribution in [0.2, 0.25) is 0 Å². The van der Waals surface area contributed by atoms with Crippen molar-refractivity contribution in [1.29, 1.82) is 0 Å². The van der Waals surface area contributed by atoms with Crippen molar-refractivity contribution in [2.75, 3.05) is 0 Å². The maximum Gasteiger partial charge on any atom is 0.251 e. The van der Waals surface area contributed by atoms with Crippen LogP contribution in [0.3, 0.4) is 0 Å². The Labute approximate surface area is 187 Å². The number of nitrogens with one attached hydrogen (secondary N) is 1. The summed E-state index contributed by atoms with van der Waals surface area (Å²) < 4.78 is 15.4. The number of thiophene rings is 1. The van der Waals surface area contributed by atoms with Crippen LogP contribution in [0.1, 0.15) is 28.8 Å². The molecule has 0 radical (unpaired) electrons. The zero-order valence-corrected chi connectivity index (χ0v) is 18.1. The third kappa shape index (κ3) is 4.55. The van der Waals surface area contributed by atoms with Gasteiger partial charge in [0.05, 0.1) is 4.88 Å². The molecule has 0 spiro atoms. The van der Waals surface area contributed by atoms with E-state index >= 15 is 0 Å². The molecule has 2 aromatic heterocycles. The van der Waals surface area contributed by atoms with Crippen molar-refractivity contribution >= 4 is 29.0 Å². The van der Waals surface area contributed by atoms with Gasteiger partial charge in [0.1, 0.15) is 5.82 Å². The molecule has 31 heavy (non-hydrogen) atoms. The summed E-state index contributed by atoms with van der Waals surface area (Å²) >= 11 is 3.14. The average molecular weight is 451 g/mol. The van der Waals surface area contributed by atoms with Crippen molar-refractivity contribution < 1.29 is 9.18 Å². The van der Waals surface area contributed by atoms with Gasteiger partial charge >= 0.3 is 0 Å². The lowest BCUT2D eigenvalue weighted by atomic mass is 10.1. The van der Waals surface area contributed by atoms with Gasteiger partial charge in [-0.15, -0.1) is 21.5 Å². The van der Waals surface area contributed by atoms with Crippen molar-refractivity contribution in [1.82, 2.24) is 20.1 Å². The third-order valence-electron chi connectivity index (χ3n) is 4.96. The second-order valence-corrected chi connectivity index (χ2v) is 9.22. The van der Waals surface area contributed by atoms with E-state index in [-0.39, 0.29) is 11.7 Å². The van der Waals surface area contributed by atoms with E-state index in [1.807, 2.05) is 46.3 Å². The first-order valence-electron chi connectivity index (χ1n) is 9.95. The van der Waals surface area contributed by atoms with Crippen molar-refractivity contribution in [3.05, 3.63) is 83.0 Å². The number of rotatable bonds is 7. The number of halogens is 1. The van der Waals surface area contributed by atoms with E-state index < -0.39 is 0 Å². The van der Waals surface area contributed by atoms with Crippen molar-refractivity contribution in [2.45, 2.75) is 29.8 Å². The van der Waals surface area contributed by atoms with Crippen LogP contribution in [0, 0.1) is 5.82 Å². The molecule has 1 aliphatic carbocycles. The second kappa shape index (κ2) is 8.64. The highest BCUT2D eigenvalue weighted by atomic mass is 32.2. The van der Waals surface area contributed by atoms with Crippen molar-refractivity contribution in [2.24, 2.45) is 0 Å². The fourth-order valence-electron chi connectivity index (χ4n) is 3.15. The van der Waals surface area contributed by atoms with E-state index in [4.69, 9.17) is 0 Å². The molecule has 1 N–H and O–H groups in total. The Balaban J connectivity index is 1.36.